The molecule has 0 aliphatic carbocycles. The van der Waals surface area contributed by atoms with E-state index < -0.39 is 5.54 Å². The first kappa shape index (κ1) is 20.8. The fourth-order valence-corrected chi connectivity index (χ4v) is 4.79. The quantitative estimate of drug-likeness (QED) is 0.690. The fourth-order valence-electron chi connectivity index (χ4n) is 4.79. The Kier molecular flexibility index (Phi) is 5.77. The maximum Gasteiger partial charge on any atom is 0.327 e. The topological polar surface area (TPSA) is 83.0 Å². The Balaban J connectivity index is 1.52. The average molecular weight is 415 g/mol. The lowest BCUT2D eigenvalue weighted by Crippen LogP contribution is -2.58. The van der Waals surface area contributed by atoms with Crippen molar-refractivity contribution in [2.24, 2.45) is 5.92 Å². The molecule has 8 heteroatoms. The highest BCUT2D eigenvalue weighted by Crippen LogP contribution is 2.38. The fraction of sp³-hybridized carbons (Fsp3) is 0.636. The van der Waals surface area contributed by atoms with Gasteiger partial charge in [0, 0.05) is 38.6 Å². The zero-order valence-corrected chi connectivity index (χ0v) is 17.7. The van der Waals surface area contributed by atoms with E-state index in [1.54, 1.807) is 34.3 Å². The Morgan fingerprint density at radius 3 is 2.67 bits per heavy atom. The molecule has 1 atom stereocenters. The van der Waals surface area contributed by atoms with Crippen molar-refractivity contribution in [1.82, 2.24) is 19.7 Å². The van der Waals surface area contributed by atoms with Gasteiger partial charge in [-0.2, -0.15) is 0 Å². The third kappa shape index (κ3) is 3.69. The lowest BCUT2D eigenvalue weighted by molar-refractivity contribution is -0.136. The molecule has 0 aromatic carbocycles. The number of piperidine rings is 1. The maximum atomic E-state index is 13.5. The Morgan fingerprint density at radius 1 is 1.30 bits per heavy atom. The van der Waals surface area contributed by atoms with Crippen LogP contribution in [0.15, 0.2) is 24.5 Å². The number of urea groups is 1. The molecule has 4 heterocycles. The molecule has 3 saturated heterocycles. The largest absolute Gasteiger partial charge is 0.376 e. The minimum absolute atomic E-state index is 0.0683. The molecule has 3 fully saturated rings. The van der Waals surface area contributed by atoms with Gasteiger partial charge < -0.3 is 14.5 Å². The van der Waals surface area contributed by atoms with Crippen LogP contribution < -0.4 is 0 Å². The normalized spacial score (nSPS) is 23.8. The molecule has 1 spiro atoms. The van der Waals surface area contributed by atoms with Crippen molar-refractivity contribution >= 4 is 17.8 Å². The average Bonchev–Trinajstić information content (AvgIpc) is 3.33. The van der Waals surface area contributed by atoms with Crippen LogP contribution in [0.25, 0.3) is 0 Å². The number of likely N-dealkylation sites (tertiary alicyclic amines) is 1. The number of hydrogen-bond acceptors (Lipinski definition) is 5. The van der Waals surface area contributed by atoms with Crippen molar-refractivity contribution in [2.45, 2.75) is 51.2 Å². The molecule has 1 unspecified atom stereocenters. The van der Waals surface area contributed by atoms with Gasteiger partial charge in [0.2, 0.25) is 0 Å². The van der Waals surface area contributed by atoms with Crippen LogP contribution >= 0.6 is 0 Å². The predicted molar refractivity (Wildman–Crippen MR) is 110 cm³/mol. The van der Waals surface area contributed by atoms with Crippen LogP contribution in [0.1, 0.15) is 49.9 Å². The van der Waals surface area contributed by atoms with Crippen LogP contribution in [0.4, 0.5) is 4.79 Å². The monoisotopic (exact) mass is 414 g/mol. The molecule has 0 N–H and O–H groups in total. The van der Waals surface area contributed by atoms with Crippen molar-refractivity contribution in [3.8, 4) is 0 Å². The first-order chi connectivity index (χ1) is 14.4. The van der Waals surface area contributed by atoms with E-state index in [0.29, 0.717) is 51.2 Å². The molecular weight excluding hydrogens is 384 g/mol. The zero-order chi connectivity index (χ0) is 21.3. The number of amides is 4. The minimum atomic E-state index is -0.855. The Hall–Kier alpha value is -2.48. The highest BCUT2D eigenvalue weighted by Gasteiger charge is 2.58. The van der Waals surface area contributed by atoms with Crippen LogP contribution in [-0.2, 0) is 9.53 Å². The molecule has 1 aromatic heterocycles. The Morgan fingerprint density at radius 2 is 2.07 bits per heavy atom. The molecule has 0 bridgehead atoms. The standard InChI is InChI=1S/C22H30N4O4/c1-16(2)14-26-21(29)25(15-18-6-4-12-30-18)20(28)22(26)7-10-24(11-8-22)19(27)17-5-3-9-23-13-17/h3,5,9,13,16,18H,4,6-8,10-12,14-15H2,1-2H3. The Bertz CT molecular complexity index is 799. The third-order valence-corrected chi connectivity index (χ3v) is 6.37. The summed E-state index contributed by atoms with van der Waals surface area (Å²) >= 11 is 0. The summed E-state index contributed by atoms with van der Waals surface area (Å²) < 4.78 is 5.68. The molecular formula is C22H30N4O4. The molecule has 8 nitrogen and oxygen atoms in total. The summed E-state index contributed by atoms with van der Waals surface area (Å²) in [5, 5.41) is 0. The number of carbonyl (C=O) groups is 3. The minimum Gasteiger partial charge on any atom is -0.376 e. The van der Waals surface area contributed by atoms with E-state index in [1.165, 1.54) is 4.90 Å². The van der Waals surface area contributed by atoms with Crippen LogP contribution in [0, 0.1) is 5.92 Å². The first-order valence-corrected chi connectivity index (χ1v) is 10.9. The van der Waals surface area contributed by atoms with Crippen molar-refractivity contribution in [3.63, 3.8) is 0 Å². The predicted octanol–water partition coefficient (Wildman–Crippen LogP) is 2.16. The van der Waals surface area contributed by atoms with Gasteiger partial charge in [-0.1, -0.05) is 13.8 Å². The van der Waals surface area contributed by atoms with Gasteiger partial charge in [0.1, 0.15) is 5.54 Å². The third-order valence-electron chi connectivity index (χ3n) is 6.37. The van der Waals surface area contributed by atoms with Crippen molar-refractivity contribution in [3.05, 3.63) is 30.1 Å². The van der Waals surface area contributed by atoms with E-state index in [9.17, 15) is 14.4 Å². The number of aromatic nitrogens is 1. The number of hydrogen-bond donors (Lipinski definition) is 0. The van der Waals surface area contributed by atoms with Gasteiger partial charge in [-0.25, -0.2) is 4.79 Å². The molecule has 30 heavy (non-hydrogen) atoms. The number of nitrogens with zero attached hydrogens (tertiary/aromatic N) is 4. The summed E-state index contributed by atoms with van der Waals surface area (Å²) in [6.07, 6.45) is 5.88. The van der Waals surface area contributed by atoms with Crippen molar-refractivity contribution in [2.75, 3.05) is 32.8 Å². The van der Waals surface area contributed by atoms with Crippen LogP contribution in [0.2, 0.25) is 0 Å². The number of imide groups is 1. The van der Waals surface area contributed by atoms with Gasteiger partial charge in [0.05, 0.1) is 18.2 Å². The smallest absolute Gasteiger partial charge is 0.327 e. The molecule has 162 valence electrons. The van der Waals surface area contributed by atoms with Crippen LogP contribution in [0.3, 0.4) is 0 Å². The van der Waals surface area contributed by atoms with E-state index in [1.807, 2.05) is 0 Å². The number of pyridine rings is 1. The second-order valence-electron chi connectivity index (χ2n) is 8.90. The van der Waals surface area contributed by atoms with Crippen molar-refractivity contribution in [1.29, 1.82) is 0 Å². The van der Waals surface area contributed by atoms with E-state index >= 15 is 0 Å². The highest BCUT2D eigenvalue weighted by molar-refractivity contribution is 6.07. The molecule has 3 aliphatic rings. The molecule has 3 aliphatic heterocycles. The summed E-state index contributed by atoms with van der Waals surface area (Å²) in [5.74, 6) is 0.0369. The van der Waals surface area contributed by atoms with Crippen LogP contribution in [-0.4, -0.2) is 82.0 Å². The van der Waals surface area contributed by atoms with Gasteiger partial charge >= 0.3 is 6.03 Å². The van der Waals surface area contributed by atoms with E-state index in [-0.39, 0.29) is 29.9 Å². The summed E-state index contributed by atoms with van der Waals surface area (Å²) in [6, 6.07) is 3.28. The van der Waals surface area contributed by atoms with Crippen molar-refractivity contribution < 1.29 is 19.1 Å². The SMILES string of the molecule is CC(C)CN1C(=O)N(CC2CCCO2)C(=O)C12CCN(C(=O)c1cccnc1)CC2. The summed E-state index contributed by atoms with van der Waals surface area (Å²) in [6.45, 7) is 6.53. The molecule has 0 radical (unpaired) electrons. The van der Waals surface area contributed by atoms with Crippen LogP contribution in [0.5, 0.6) is 0 Å². The van der Waals surface area contributed by atoms with Gasteiger partial charge in [0.15, 0.2) is 0 Å². The molecule has 1 aromatic rings. The second kappa shape index (κ2) is 8.34. The lowest BCUT2D eigenvalue weighted by Gasteiger charge is -2.42. The van der Waals surface area contributed by atoms with Gasteiger partial charge in [-0.05, 0) is 43.7 Å². The van der Waals surface area contributed by atoms with Gasteiger partial charge in [0.25, 0.3) is 11.8 Å². The highest BCUT2D eigenvalue weighted by atomic mass is 16.5. The summed E-state index contributed by atoms with van der Waals surface area (Å²) in [5.41, 5.74) is -0.313. The maximum absolute atomic E-state index is 13.5. The van der Waals surface area contributed by atoms with E-state index in [4.69, 9.17) is 4.74 Å². The summed E-state index contributed by atoms with van der Waals surface area (Å²) in [4.78, 5) is 48.5. The van der Waals surface area contributed by atoms with Gasteiger partial charge in [-0.3, -0.25) is 19.5 Å². The van der Waals surface area contributed by atoms with E-state index in [2.05, 4.69) is 18.8 Å². The Labute approximate surface area is 177 Å². The first-order valence-electron chi connectivity index (χ1n) is 10.9. The van der Waals surface area contributed by atoms with E-state index in [0.717, 1.165) is 12.8 Å². The second-order valence-corrected chi connectivity index (χ2v) is 8.90. The zero-order valence-electron chi connectivity index (χ0n) is 17.7. The number of carbonyl (C=O) groups excluding carboxylic acids is 3. The van der Waals surface area contributed by atoms with Gasteiger partial charge in [-0.15, -0.1) is 0 Å². The molecule has 4 rings (SSSR count). The summed E-state index contributed by atoms with van der Waals surface area (Å²) in [7, 11) is 0. The number of rotatable bonds is 5. The molecule has 0 saturated carbocycles. The lowest BCUT2D eigenvalue weighted by atomic mass is 9.85. The number of ether oxygens (including phenoxy) is 1. The molecule has 4 amide bonds.